The molecule has 0 spiro atoms. The predicted molar refractivity (Wildman–Crippen MR) is 93.8 cm³/mol. The van der Waals surface area contributed by atoms with Gasteiger partial charge in [0.1, 0.15) is 0 Å². The van der Waals surface area contributed by atoms with Crippen LogP contribution in [0.3, 0.4) is 0 Å². The molecule has 1 heterocycles. The number of hydrogen-bond donors (Lipinski definition) is 0. The topological polar surface area (TPSA) is 57.7 Å². The van der Waals surface area contributed by atoms with Crippen molar-refractivity contribution in [3.63, 3.8) is 0 Å². The Morgan fingerprint density at radius 1 is 1.25 bits per heavy atom. The summed E-state index contributed by atoms with van der Waals surface area (Å²) in [6.45, 7) is 5.01. The number of rotatable bonds is 5. The van der Waals surface area contributed by atoms with E-state index in [0.717, 1.165) is 25.7 Å². The monoisotopic (exact) mass is 370 g/mol. The normalized spacial score (nSPS) is 19.0. The second-order valence-corrected chi connectivity index (χ2v) is 9.14. The molecule has 1 aromatic rings. The van der Waals surface area contributed by atoms with Crippen LogP contribution in [0.4, 0.5) is 0 Å². The molecule has 5 nitrogen and oxygen atoms in total. The number of carbonyl (C=O) groups is 1. The molecule has 0 unspecified atom stereocenters. The summed E-state index contributed by atoms with van der Waals surface area (Å²) in [7, 11) is -3.56. The quantitative estimate of drug-likeness (QED) is 0.800. The maximum Gasteiger partial charge on any atom is 0.255 e. The van der Waals surface area contributed by atoms with E-state index >= 15 is 0 Å². The van der Waals surface area contributed by atoms with Crippen molar-refractivity contribution in [2.24, 2.45) is 0 Å². The van der Waals surface area contributed by atoms with Crippen molar-refractivity contribution in [1.29, 1.82) is 0 Å². The van der Waals surface area contributed by atoms with E-state index in [4.69, 9.17) is 11.6 Å². The Labute approximate surface area is 148 Å². The highest BCUT2D eigenvalue weighted by Gasteiger charge is 2.36. The first-order chi connectivity index (χ1) is 11.3. The summed E-state index contributed by atoms with van der Waals surface area (Å²) in [5.41, 5.74) is 0.275. The molecule has 0 atom stereocenters. The van der Waals surface area contributed by atoms with E-state index in [2.05, 4.69) is 0 Å². The summed E-state index contributed by atoms with van der Waals surface area (Å²) < 4.78 is 26.9. The van der Waals surface area contributed by atoms with Crippen molar-refractivity contribution in [3.05, 3.63) is 28.8 Å². The Morgan fingerprint density at radius 3 is 2.42 bits per heavy atom. The van der Waals surface area contributed by atoms with Crippen LogP contribution in [-0.4, -0.2) is 48.7 Å². The lowest BCUT2D eigenvalue weighted by Crippen LogP contribution is -2.39. The van der Waals surface area contributed by atoms with Gasteiger partial charge in [0.15, 0.2) is 0 Å². The Kier molecular flexibility index (Phi) is 4.91. The predicted octanol–water partition coefficient (Wildman–Crippen LogP) is 3.14. The second-order valence-electron chi connectivity index (χ2n) is 6.79. The van der Waals surface area contributed by atoms with Crippen molar-refractivity contribution in [2.75, 3.05) is 13.1 Å². The fraction of sp³-hybridized carbons (Fsp3) is 0.588. The third-order valence-corrected chi connectivity index (χ3v) is 6.83. The standard InChI is InChI=1S/C17H23ClN2O3S/c1-12(2)20(13-5-6-13)17(21)15-11-14(7-8-16(15)18)24(22,23)19-9-3-4-10-19/h7-8,11-13H,3-6,9-10H2,1-2H3. The van der Waals surface area contributed by atoms with Gasteiger partial charge in [-0.15, -0.1) is 0 Å². The zero-order valence-corrected chi connectivity index (χ0v) is 15.6. The number of sulfonamides is 1. The zero-order valence-electron chi connectivity index (χ0n) is 14.0. The van der Waals surface area contributed by atoms with Crippen LogP contribution >= 0.6 is 11.6 Å². The molecule has 3 rings (SSSR count). The largest absolute Gasteiger partial charge is 0.333 e. The summed E-state index contributed by atoms with van der Waals surface area (Å²) in [5, 5.41) is 0.298. The summed E-state index contributed by atoms with van der Waals surface area (Å²) >= 11 is 6.22. The molecular formula is C17H23ClN2O3S. The van der Waals surface area contributed by atoms with Crippen LogP contribution in [0.15, 0.2) is 23.1 Å². The highest BCUT2D eigenvalue weighted by atomic mass is 35.5. The van der Waals surface area contributed by atoms with E-state index in [0.29, 0.717) is 18.1 Å². The molecule has 0 aromatic heterocycles. The minimum absolute atomic E-state index is 0.0555. The van der Waals surface area contributed by atoms with Gasteiger partial charge in [0.05, 0.1) is 15.5 Å². The third kappa shape index (κ3) is 3.32. The summed E-state index contributed by atoms with van der Waals surface area (Å²) in [5.74, 6) is -0.184. The van der Waals surface area contributed by atoms with Gasteiger partial charge in [-0.25, -0.2) is 8.42 Å². The van der Waals surface area contributed by atoms with Crippen LogP contribution in [0, 0.1) is 0 Å². The average molecular weight is 371 g/mol. The van der Waals surface area contributed by atoms with E-state index in [1.54, 1.807) is 0 Å². The van der Waals surface area contributed by atoms with E-state index in [9.17, 15) is 13.2 Å². The molecule has 0 N–H and O–H groups in total. The number of hydrogen-bond acceptors (Lipinski definition) is 3. The molecule has 132 valence electrons. The van der Waals surface area contributed by atoms with Crippen LogP contribution in [0.1, 0.15) is 49.9 Å². The van der Waals surface area contributed by atoms with Crippen LogP contribution in [0.25, 0.3) is 0 Å². The molecule has 0 bridgehead atoms. The van der Waals surface area contributed by atoms with Gasteiger partial charge in [-0.3, -0.25) is 4.79 Å². The van der Waals surface area contributed by atoms with Gasteiger partial charge in [0.25, 0.3) is 5.91 Å². The maximum atomic E-state index is 12.9. The van der Waals surface area contributed by atoms with Crippen molar-refractivity contribution in [1.82, 2.24) is 9.21 Å². The summed E-state index contributed by atoms with van der Waals surface area (Å²) in [6.07, 6.45) is 3.74. The minimum atomic E-state index is -3.56. The molecular weight excluding hydrogens is 348 g/mol. The molecule has 1 aliphatic heterocycles. The Balaban J connectivity index is 1.95. The first-order valence-corrected chi connectivity index (χ1v) is 10.3. The van der Waals surface area contributed by atoms with Gasteiger partial charge in [-0.2, -0.15) is 4.31 Å². The second kappa shape index (κ2) is 6.65. The van der Waals surface area contributed by atoms with Crippen molar-refractivity contribution in [2.45, 2.75) is 56.5 Å². The van der Waals surface area contributed by atoms with Crippen LogP contribution in [0.5, 0.6) is 0 Å². The first kappa shape index (κ1) is 17.7. The fourth-order valence-electron chi connectivity index (χ4n) is 3.22. The Morgan fingerprint density at radius 2 is 1.88 bits per heavy atom. The molecule has 1 saturated carbocycles. The number of halogens is 1. The van der Waals surface area contributed by atoms with E-state index < -0.39 is 10.0 Å². The molecule has 2 aliphatic rings. The molecule has 2 fully saturated rings. The van der Waals surface area contributed by atoms with Crippen LogP contribution in [0.2, 0.25) is 5.02 Å². The Hall–Kier alpha value is -1.11. The highest BCUT2D eigenvalue weighted by molar-refractivity contribution is 7.89. The smallest absolute Gasteiger partial charge is 0.255 e. The maximum absolute atomic E-state index is 12.9. The number of carbonyl (C=O) groups excluding carboxylic acids is 1. The van der Waals surface area contributed by atoms with Gasteiger partial charge >= 0.3 is 0 Å². The lowest BCUT2D eigenvalue weighted by Gasteiger charge is -2.27. The molecule has 1 aromatic carbocycles. The first-order valence-electron chi connectivity index (χ1n) is 8.44. The van der Waals surface area contributed by atoms with Crippen molar-refractivity contribution in [3.8, 4) is 0 Å². The van der Waals surface area contributed by atoms with Crippen LogP contribution < -0.4 is 0 Å². The molecule has 1 amide bonds. The van der Waals surface area contributed by atoms with Gasteiger partial charge in [0, 0.05) is 25.2 Å². The fourth-order valence-corrected chi connectivity index (χ4v) is 4.96. The Bertz CT molecular complexity index is 736. The van der Waals surface area contributed by atoms with Crippen molar-refractivity contribution >= 4 is 27.5 Å². The molecule has 1 aliphatic carbocycles. The molecule has 0 radical (unpaired) electrons. The lowest BCUT2D eigenvalue weighted by atomic mass is 10.1. The minimum Gasteiger partial charge on any atom is -0.333 e. The molecule has 7 heteroatoms. The van der Waals surface area contributed by atoms with E-state index in [1.165, 1.54) is 22.5 Å². The van der Waals surface area contributed by atoms with Crippen molar-refractivity contribution < 1.29 is 13.2 Å². The van der Waals surface area contributed by atoms with Crippen LogP contribution in [-0.2, 0) is 10.0 Å². The number of amides is 1. The highest BCUT2D eigenvalue weighted by Crippen LogP contribution is 2.32. The van der Waals surface area contributed by atoms with Gasteiger partial charge < -0.3 is 4.90 Å². The summed E-state index contributed by atoms with van der Waals surface area (Å²) in [4.78, 5) is 14.9. The third-order valence-electron chi connectivity index (χ3n) is 4.60. The number of benzene rings is 1. The van der Waals surface area contributed by atoms with E-state index in [-0.39, 0.29) is 28.4 Å². The molecule has 24 heavy (non-hydrogen) atoms. The average Bonchev–Trinajstić information content (AvgIpc) is 3.17. The van der Waals surface area contributed by atoms with Gasteiger partial charge in [-0.1, -0.05) is 11.6 Å². The number of nitrogens with zero attached hydrogens (tertiary/aromatic N) is 2. The molecule has 1 saturated heterocycles. The zero-order chi connectivity index (χ0) is 17.5. The summed E-state index contributed by atoms with van der Waals surface area (Å²) in [6, 6.07) is 4.75. The van der Waals surface area contributed by atoms with E-state index in [1.807, 2.05) is 18.7 Å². The van der Waals surface area contributed by atoms with Gasteiger partial charge in [-0.05, 0) is 57.7 Å². The van der Waals surface area contributed by atoms with Gasteiger partial charge in [0.2, 0.25) is 10.0 Å². The SMILES string of the molecule is CC(C)N(C(=O)c1cc(S(=O)(=O)N2CCCC2)ccc1Cl)C1CC1. The lowest BCUT2D eigenvalue weighted by molar-refractivity contribution is 0.0690.